The van der Waals surface area contributed by atoms with Gasteiger partial charge in [0.2, 0.25) is 0 Å². The van der Waals surface area contributed by atoms with Crippen molar-refractivity contribution in [3.8, 4) is 11.5 Å². The van der Waals surface area contributed by atoms with E-state index in [0.29, 0.717) is 11.7 Å². The Morgan fingerprint density at radius 1 is 1.17 bits per heavy atom. The Bertz CT molecular complexity index is 912. The summed E-state index contributed by atoms with van der Waals surface area (Å²) in [7, 11) is 0. The molecule has 0 fully saturated rings. The molecule has 0 radical (unpaired) electrons. The van der Waals surface area contributed by atoms with Crippen LogP contribution in [0.15, 0.2) is 36.5 Å². The number of hydrogen-bond acceptors (Lipinski definition) is 3. The van der Waals surface area contributed by atoms with E-state index in [-0.39, 0.29) is 21.5 Å². The normalized spacial score (nSPS) is 11.2. The molecule has 3 aromatic rings. The summed E-state index contributed by atoms with van der Waals surface area (Å²) in [5.74, 6) is 1.12. The Morgan fingerprint density at radius 2 is 1.83 bits per heavy atom. The number of nitrogens with zero attached hydrogens (tertiary/aromatic N) is 1. The number of aromatic nitrogens is 1. The molecule has 2 aromatic carbocycles. The number of rotatable bonds is 4. The summed E-state index contributed by atoms with van der Waals surface area (Å²) in [6.45, 7) is 4.22. The number of halogens is 2. The average Bonchev–Trinajstić information content (AvgIpc) is 2.93. The van der Waals surface area contributed by atoms with E-state index < -0.39 is 4.92 Å². The van der Waals surface area contributed by atoms with Crippen molar-refractivity contribution in [2.45, 2.75) is 19.8 Å². The maximum Gasteiger partial charge on any atom is 0.272 e. The van der Waals surface area contributed by atoms with E-state index in [4.69, 9.17) is 27.9 Å². The SMILES string of the molecule is CC(C)c1c[nH]c2ccc(Oc3c(Cl)cc([N+](=O)[O-])cc3Cl)cc12. The molecule has 0 saturated carbocycles. The minimum Gasteiger partial charge on any atom is -0.454 e. The minimum absolute atomic E-state index is 0.0902. The van der Waals surface area contributed by atoms with Gasteiger partial charge in [-0.15, -0.1) is 0 Å². The predicted octanol–water partition coefficient (Wildman–Crippen LogP) is 6.30. The number of H-pyrrole nitrogens is 1. The van der Waals surface area contributed by atoms with Gasteiger partial charge in [-0.3, -0.25) is 10.1 Å². The number of hydrogen-bond donors (Lipinski definition) is 1. The fourth-order valence-corrected chi connectivity index (χ4v) is 3.08. The standard InChI is InChI=1S/C17H14Cl2N2O3/c1-9(2)13-8-20-16-4-3-11(7-12(13)16)24-17-14(18)5-10(21(22)23)6-15(17)19/h3-9,20H,1-2H3. The van der Waals surface area contributed by atoms with Crippen LogP contribution in [0, 0.1) is 10.1 Å². The number of fused-ring (bicyclic) bond motifs is 1. The van der Waals surface area contributed by atoms with Crippen molar-refractivity contribution in [2.75, 3.05) is 0 Å². The molecular formula is C17H14Cl2N2O3. The minimum atomic E-state index is -0.553. The lowest BCUT2D eigenvalue weighted by molar-refractivity contribution is -0.384. The van der Waals surface area contributed by atoms with Crippen LogP contribution in [0.25, 0.3) is 10.9 Å². The summed E-state index contributed by atoms with van der Waals surface area (Å²) < 4.78 is 5.79. The maximum atomic E-state index is 10.8. The molecule has 1 heterocycles. The van der Waals surface area contributed by atoms with Gasteiger partial charge in [-0.1, -0.05) is 37.0 Å². The number of benzene rings is 2. The quantitative estimate of drug-likeness (QED) is 0.436. The number of nitro groups is 1. The van der Waals surface area contributed by atoms with Crippen LogP contribution in [0.3, 0.4) is 0 Å². The number of ether oxygens (including phenoxy) is 1. The molecule has 0 aliphatic heterocycles. The highest BCUT2D eigenvalue weighted by atomic mass is 35.5. The third-order valence-electron chi connectivity index (χ3n) is 3.72. The topological polar surface area (TPSA) is 68.2 Å². The van der Waals surface area contributed by atoms with Gasteiger partial charge in [0.05, 0.1) is 15.0 Å². The number of nitrogens with one attached hydrogen (secondary N) is 1. The largest absolute Gasteiger partial charge is 0.454 e. The van der Waals surface area contributed by atoms with E-state index in [9.17, 15) is 10.1 Å². The zero-order valence-electron chi connectivity index (χ0n) is 13.0. The molecule has 3 rings (SSSR count). The Balaban J connectivity index is 2.01. The van der Waals surface area contributed by atoms with Crippen LogP contribution in [0.5, 0.6) is 11.5 Å². The Kier molecular flexibility index (Phi) is 4.39. The maximum absolute atomic E-state index is 10.8. The van der Waals surface area contributed by atoms with Gasteiger partial charge in [0.15, 0.2) is 5.75 Å². The highest BCUT2D eigenvalue weighted by Crippen LogP contribution is 2.40. The van der Waals surface area contributed by atoms with Crippen molar-refractivity contribution >= 4 is 39.8 Å². The second kappa shape index (κ2) is 6.34. The van der Waals surface area contributed by atoms with E-state index in [1.54, 1.807) is 6.07 Å². The molecule has 24 heavy (non-hydrogen) atoms. The van der Waals surface area contributed by atoms with Crippen molar-refractivity contribution in [3.05, 3.63) is 62.3 Å². The third kappa shape index (κ3) is 3.05. The molecule has 0 aliphatic rings. The molecule has 1 N–H and O–H groups in total. The number of nitro benzene ring substituents is 1. The van der Waals surface area contributed by atoms with Gasteiger partial charge in [0.25, 0.3) is 5.69 Å². The molecule has 0 bridgehead atoms. The summed E-state index contributed by atoms with van der Waals surface area (Å²) in [5.41, 5.74) is 2.00. The van der Waals surface area contributed by atoms with Gasteiger partial charge in [-0.2, -0.15) is 0 Å². The number of non-ortho nitro benzene ring substituents is 1. The molecule has 0 aliphatic carbocycles. The molecule has 1 aromatic heterocycles. The number of aromatic amines is 1. The monoisotopic (exact) mass is 364 g/mol. The van der Waals surface area contributed by atoms with Crippen LogP contribution in [0.2, 0.25) is 10.0 Å². The van der Waals surface area contributed by atoms with Gasteiger partial charge in [-0.05, 0) is 29.7 Å². The lowest BCUT2D eigenvalue weighted by Crippen LogP contribution is -1.92. The van der Waals surface area contributed by atoms with Gasteiger partial charge in [0.1, 0.15) is 5.75 Å². The first-order valence-corrected chi connectivity index (χ1v) is 8.04. The highest BCUT2D eigenvalue weighted by Gasteiger charge is 2.17. The fraction of sp³-hybridized carbons (Fsp3) is 0.176. The average molecular weight is 365 g/mol. The van der Waals surface area contributed by atoms with Gasteiger partial charge < -0.3 is 9.72 Å². The molecule has 0 amide bonds. The van der Waals surface area contributed by atoms with E-state index in [1.807, 2.05) is 18.3 Å². The molecule has 0 atom stereocenters. The van der Waals surface area contributed by atoms with Crippen LogP contribution < -0.4 is 4.74 Å². The lowest BCUT2D eigenvalue weighted by atomic mass is 10.0. The van der Waals surface area contributed by atoms with Gasteiger partial charge in [0, 0.05) is 29.2 Å². The Labute approximate surface area is 148 Å². The van der Waals surface area contributed by atoms with Crippen LogP contribution in [0.4, 0.5) is 5.69 Å². The molecule has 0 unspecified atom stereocenters. The van der Waals surface area contributed by atoms with Crippen molar-refractivity contribution in [1.29, 1.82) is 0 Å². The highest BCUT2D eigenvalue weighted by molar-refractivity contribution is 6.37. The molecule has 7 heteroatoms. The summed E-state index contributed by atoms with van der Waals surface area (Å²) in [5, 5.41) is 12.1. The Morgan fingerprint density at radius 3 is 2.42 bits per heavy atom. The first-order chi connectivity index (χ1) is 11.4. The van der Waals surface area contributed by atoms with Gasteiger partial charge in [-0.25, -0.2) is 0 Å². The Hall–Kier alpha value is -2.24. The molecule has 0 saturated heterocycles. The zero-order chi connectivity index (χ0) is 17.4. The second-order valence-corrected chi connectivity index (χ2v) is 6.52. The molecule has 5 nitrogen and oxygen atoms in total. The van der Waals surface area contributed by atoms with E-state index in [2.05, 4.69) is 18.8 Å². The predicted molar refractivity (Wildman–Crippen MR) is 95.6 cm³/mol. The van der Waals surface area contributed by atoms with Crippen molar-refractivity contribution in [1.82, 2.24) is 4.98 Å². The van der Waals surface area contributed by atoms with Crippen LogP contribution >= 0.6 is 23.2 Å². The van der Waals surface area contributed by atoms with Gasteiger partial charge >= 0.3 is 0 Å². The summed E-state index contributed by atoms with van der Waals surface area (Å²) in [6.07, 6.45) is 1.98. The van der Waals surface area contributed by atoms with Crippen molar-refractivity contribution in [2.24, 2.45) is 0 Å². The van der Waals surface area contributed by atoms with Crippen molar-refractivity contribution < 1.29 is 9.66 Å². The molecule has 124 valence electrons. The zero-order valence-corrected chi connectivity index (χ0v) is 14.5. The van der Waals surface area contributed by atoms with E-state index in [0.717, 1.165) is 10.9 Å². The van der Waals surface area contributed by atoms with E-state index >= 15 is 0 Å². The second-order valence-electron chi connectivity index (χ2n) is 5.70. The van der Waals surface area contributed by atoms with Crippen LogP contribution in [-0.4, -0.2) is 9.91 Å². The summed E-state index contributed by atoms with van der Waals surface area (Å²) in [6, 6.07) is 8.03. The molecular weight excluding hydrogens is 351 g/mol. The molecule has 0 spiro atoms. The van der Waals surface area contributed by atoms with E-state index in [1.165, 1.54) is 17.7 Å². The third-order valence-corrected chi connectivity index (χ3v) is 4.28. The van der Waals surface area contributed by atoms with Crippen molar-refractivity contribution in [3.63, 3.8) is 0 Å². The first kappa shape index (κ1) is 16.6. The first-order valence-electron chi connectivity index (χ1n) is 7.29. The fourth-order valence-electron chi connectivity index (χ4n) is 2.53. The van der Waals surface area contributed by atoms with Crippen LogP contribution in [0.1, 0.15) is 25.3 Å². The smallest absolute Gasteiger partial charge is 0.272 e. The lowest BCUT2D eigenvalue weighted by Gasteiger charge is -2.10. The van der Waals surface area contributed by atoms with Crippen LogP contribution in [-0.2, 0) is 0 Å². The summed E-state index contributed by atoms with van der Waals surface area (Å²) >= 11 is 12.2. The summed E-state index contributed by atoms with van der Waals surface area (Å²) in [4.78, 5) is 13.5.